The summed E-state index contributed by atoms with van der Waals surface area (Å²) in [7, 11) is 0. The Bertz CT molecular complexity index is 1590. The molecule has 0 N–H and O–H groups in total. The SMILES string of the molecule is CC(=O)O[C@@H](C)C(=O)O[C@@H](C)C(=O)O[C@](C)(C=O)O[C@@H](C)C(=O)O[C@H](COc1nsnc1N1CCOCC1)CN(C(=O)[C@H](C)OC(=O)[C@H](C)OC(C)=O)C(C)(C)C. The van der Waals surface area contributed by atoms with Crippen LogP contribution in [0.1, 0.15) is 76.2 Å². The molecule has 22 heteroatoms. The topological polar surface area (TPSA) is 252 Å². The number of aromatic nitrogens is 2. The minimum Gasteiger partial charge on any atom is -0.470 e. The van der Waals surface area contributed by atoms with Gasteiger partial charge in [-0.1, -0.05) is 0 Å². The number of anilines is 1. The Labute approximate surface area is 334 Å². The molecule has 0 aliphatic carbocycles. The van der Waals surface area contributed by atoms with Gasteiger partial charge in [0.05, 0.1) is 31.5 Å². The average molecular weight is 833 g/mol. The van der Waals surface area contributed by atoms with Crippen molar-refractivity contribution in [3.05, 3.63) is 0 Å². The number of amides is 1. The van der Waals surface area contributed by atoms with E-state index in [1.165, 1.54) is 32.6 Å². The van der Waals surface area contributed by atoms with E-state index < -0.39 is 89.7 Å². The fourth-order valence-electron chi connectivity index (χ4n) is 4.90. The Balaban J connectivity index is 2.30. The van der Waals surface area contributed by atoms with Gasteiger partial charge in [-0.15, -0.1) is 4.37 Å². The van der Waals surface area contributed by atoms with Crippen molar-refractivity contribution in [3.63, 3.8) is 0 Å². The first-order valence-corrected chi connectivity index (χ1v) is 18.6. The van der Waals surface area contributed by atoms with E-state index in [0.29, 0.717) is 32.1 Å². The van der Waals surface area contributed by atoms with Crippen LogP contribution in [0, 0.1) is 0 Å². The molecule has 21 nitrogen and oxygen atoms in total. The number of carbonyl (C=O) groups is 8. The van der Waals surface area contributed by atoms with E-state index in [4.69, 9.17) is 42.6 Å². The van der Waals surface area contributed by atoms with Gasteiger partial charge >= 0.3 is 35.8 Å². The smallest absolute Gasteiger partial charge is 0.350 e. The highest BCUT2D eigenvalue weighted by Crippen LogP contribution is 2.27. The van der Waals surface area contributed by atoms with E-state index in [9.17, 15) is 38.4 Å². The number of carbonyl (C=O) groups excluding carboxylic acids is 8. The van der Waals surface area contributed by atoms with Crippen LogP contribution >= 0.6 is 11.7 Å². The van der Waals surface area contributed by atoms with Crippen LogP contribution in [0.2, 0.25) is 0 Å². The molecule has 1 aliphatic rings. The molecule has 0 spiro atoms. The monoisotopic (exact) mass is 832 g/mol. The molecule has 1 amide bonds. The third-order valence-electron chi connectivity index (χ3n) is 7.78. The summed E-state index contributed by atoms with van der Waals surface area (Å²) >= 11 is 0.890. The molecular formula is C35H52N4O17S. The fraction of sp³-hybridized carbons (Fsp3) is 0.714. The fourth-order valence-corrected chi connectivity index (χ4v) is 5.42. The van der Waals surface area contributed by atoms with Gasteiger partial charge in [-0.25, -0.2) is 19.2 Å². The van der Waals surface area contributed by atoms with Gasteiger partial charge in [0.2, 0.25) is 5.82 Å². The number of hydrogen-bond donors (Lipinski definition) is 0. The second-order valence-corrected chi connectivity index (χ2v) is 14.5. The summed E-state index contributed by atoms with van der Waals surface area (Å²) < 4.78 is 56.2. The molecule has 0 bridgehead atoms. The van der Waals surface area contributed by atoms with Crippen LogP contribution in [-0.4, -0.2) is 149 Å². The van der Waals surface area contributed by atoms with Crippen LogP contribution in [0.15, 0.2) is 0 Å². The highest BCUT2D eigenvalue weighted by atomic mass is 32.1. The number of aldehydes is 1. The van der Waals surface area contributed by atoms with Crippen molar-refractivity contribution in [2.45, 2.75) is 124 Å². The highest BCUT2D eigenvalue weighted by molar-refractivity contribution is 6.99. The maximum Gasteiger partial charge on any atom is 0.350 e. The van der Waals surface area contributed by atoms with Crippen LogP contribution in [-0.2, 0) is 76.3 Å². The lowest BCUT2D eigenvalue weighted by Gasteiger charge is -2.39. The Kier molecular flexibility index (Phi) is 18.2. The predicted molar refractivity (Wildman–Crippen MR) is 194 cm³/mol. The average Bonchev–Trinajstić information content (AvgIpc) is 3.60. The largest absolute Gasteiger partial charge is 0.470 e. The van der Waals surface area contributed by atoms with Gasteiger partial charge in [-0.3, -0.25) is 19.2 Å². The summed E-state index contributed by atoms with van der Waals surface area (Å²) in [5.74, 6) is -8.36. The molecule has 1 aliphatic heterocycles. The van der Waals surface area contributed by atoms with Gasteiger partial charge in [-0.2, -0.15) is 4.37 Å². The van der Waals surface area contributed by atoms with Crippen molar-refractivity contribution >= 4 is 65.6 Å². The van der Waals surface area contributed by atoms with E-state index in [1.54, 1.807) is 20.8 Å². The molecule has 2 rings (SSSR count). The van der Waals surface area contributed by atoms with Crippen molar-refractivity contribution in [2.24, 2.45) is 0 Å². The van der Waals surface area contributed by atoms with Crippen molar-refractivity contribution in [3.8, 4) is 5.88 Å². The summed E-state index contributed by atoms with van der Waals surface area (Å²) in [5, 5.41) is 0. The third-order valence-corrected chi connectivity index (χ3v) is 8.28. The van der Waals surface area contributed by atoms with Gasteiger partial charge in [0.1, 0.15) is 6.61 Å². The summed E-state index contributed by atoms with van der Waals surface area (Å²) in [6.45, 7) is 15.7. The van der Waals surface area contributed by atoms with Crippen molar-refractivity contribution in [2.75, 3.05) is 44.4 Å². The first-order valence-electron chi connectivity index (χ1n) is 17.9. The molecule has 320 valence electrons. The first-order chi connectivity index (χ1) is 26.5. The zero-order valence-electron chi connectivity index (χ0n) is 33.9. The minimum atomic E-state index is -2.39. The Morgan fingerprint density at radius 2 is 1.26 bits per heavy atom. The number of nitrogens with zero attached hydrogens (tertiary/aromatic N) is 4. The lowest BCUT2D eigenvalue weighted by Crippen LogP contribution is -2.55. The molecular weight excluding hydrogens is 780 g/mol. The second kappa shape index (κ2) is 21.5. The zero-order chi connectivity index (χ0) is 43.2. The van der Waals surface area contributed by atoms with Crippen LogP contribution in [0.5, 0.6) is 5.88 Å². The normalized spacial score (nSPS) is 17.1. The zero-order valence-corrected chi connectivity index (χ0v) is 34.7. The Morgan fingerprint density at radius 1 is 0.754 bits per heavy atom. The van der Waals surface area contributed by atoms with E-state index in [-0.39, 0.29) is 25.3 Å². The molecule has 0 saturated carbocycles. The standard InChI is InChI=1S/C35H52N4O17S/c1-19(52-30(44)20(2)50-24(6)41)29(43)39(34(8,9)10)16-26(17-49-28-27(36-57-37-28)38-12-14-48-15-13-38)54-32(46)23(5)55-35(11,18-40)56-33(47)22(4)53-31(45)21(3)51-25(7)42/h18-23,26H,12-17H2,1-11H3/t19-,20-,21-,22-,23-,26-,35+/m0/s1. The summed E-state index contributed by atoms with van der Waals surface area (Å²) in [5.41, 5.74) is -0.965. The lowest BCUT2D eigenvalue weighted by atomic mass is 10.0. The van der Waals surface area contributed by atoms with Gasteiger partial charge in [0.15, 0.2) is 42.9 Å². The molecule has 1 aromatic rings. The van der Waals surface area contributed by atoms with E-state index >= 15 is 0 Å². The highest BCUT2D eigenvalue weighted by Gasteiger charge is 2.40. The maximum atomic E-state index is 13.8. The predicted octanol–water partition coefficient (Wildman–Crippen LogP) is 0.922. The molecule has 1 fully saturated rings. The van der Waals surface area contributed by atoms with Gasteiger partial charge in [0.25, 0.3) is 17.6 Å². The number of morpholine rings is 1. The molecule has 0 unspecified atom stereocenters. The maximum absolute atomic E-state index is 13.8. The number of ether oxygens (including phenoxy) is 9. The van der Waals surface area contributed by atoms with Gasteiger partial charge in [-0.05, 0) is 55.4 Å². The Morgan fingerprint density at radius 3 is 1.77 bits per heavy atom. The molecule has 57 heavy (non-hydrogen) atoms. The van der Waals surface area contributed by atoms with E-state index in [0.717, 1.165) is 39.4 Å². The molecule has 7 atom stereocenters. The van der Waals surface area contributed by atoms with Gasteiger partial charge in [0, 0.05) is 39.4 Å². The summed E-state index contributed by atoms with van der Waals surface area (Å²) in [6, 6.07) is 0. The number of hydrogen-bond acceptors (Lipinski definition) is 21. The molecule has 0 aromatic carbocycles. The first kappa shape index (κ1) is 48.2. The molecule has 0 radical (unpaired) electrons. The van der Waals surface area contributed by atoms with Crippen molar-refractivity contribution in [1.29, 1.82) is 0 Å². The van der Waals surface area contributed by atoms with Crippen LogP contribution in [0.4, 0.5) is 5.82 Å². The van der Waals surface area contributed by atoms with Crippen molar-refractivity contribution < 1.29 is 81.0 Å². The molecule has 1 saturated heterocycles. The molecule has 1 aromatic heterocycles. The quantitative estimate of drug-likeness (QED) is 0.0766. The van der Waals surface area contributed by atoms with E-state index in [2.05, 4.69) is 8.75 Å². The summed E-state index contributed by atoms with van der Waals surface area (Å²) in [6.07, 6.45) is -8.35. The third kappa shape index (κ3) is 15.5. The van der Waals surface area contributed by atoms with Crippen LogP contribution < -0.4 is 9.64 Å². The lowest BCUT2D eigenvalue weighted by molar-refractivity contribution is -0.236. The summed E-state index contributed by atoms with van der Waals surface area (Å²) in [4.78, 5) is 103. The van der Waals surface area contributed by atoms with Gasteiger partial charge < -0.3 is 52.4 Å². The van der Waals surface area contributed by atoms with Crippen molar-refractivity contribution in [1.82, 2.24) is 13.6 Å². The van der Waals surface area contributed by atoms with Crippen LogP contribution in [0.25, 0.3) is 0 Å². The minimum absolute atomic E-state index is 0.0959. The number of rotatable bonds is 20. The number of esters is 6. The second-order valence-electron chi connectivity index (χ2n) is 14.0. The Hall–Kier alpha value is -4.96. The van der Waals surface area contributed by atoms with Crippen LogP contribution in [0.3, 0.4) is 0 Å². The molecule has 2 heterocycles. The van der Waals surface area contributed by atoms with E-state index in [1.807, 2.05) is 4.90 Å².